The van der Waals surface area contributed by atoms with Gasteiger partial charge >= 0.3 is 0 Å². The molecule has 0 amide bonds. The second kappa shape index (κ2) is 4.57. The predicted molar refractivity (Wildman–Crippen MR) is 69.3 cm³/mol. The van der Waals surface area contributed by atoms with Crippen LogP contribution in [-0.4, -0.2) is 23.1 Å². The Labute approximate surface area is 104 Å². The SMILES string of the molecule is CC1CCN(c2ncnc(N)c2Br)CC1C. The Morgan fingerprint density at radius 3 is 2.81 bits per heavy atom. The van der Waals surface area contributed by atoms with E-state index < -0.39 is 0 Å². The van der Waals surface area contributed by atoms with Crippen molar-refractivity contribution in [2.75, 3.05) is 23.7 Å². The van der Waals surface area contributed by atoms with Gasteiger partial charge in [0.15, 0.2) is 0 Å². The van der Waals surface area contributed by atoms with E-state index in [0.717, 1.165) is 29.3 Å². The van der Waals surface area contributed by atoms with Gasteiger partial charge < -0.3 is 10.6 Å². The first-order valence-electron chi connectivity index (χ1n) is 5.60. The molecule has 1 aromatic rings. The van der Waals surface area contributed by atoms with Crippen molar-refractivity contribution >= 4 is 27.6 Å². The number of hydrogen-bond donors (Lipinski definition) is 1. The molecule has 0 radical (unpaired) electrons. The van der Waals surface area contributed by atoms with Crippen LogP contribution in [0.25, 0.3) is 0 Å². The summed E-state index contributed by atoms with van der Waals surface area (Å²) in [5.74, 6) is 2.91. The van der Waals surface area contributed by atoms with Crippen molar-refractivity contribution in [3.8, 4) is 0 Å². The molecule has 1 aliphatic rings. The number of piperidine rings is 1. The van der Waals surface area contributed by atoms with Gasteiger partial charge in [-0.2, -0.15) is 0 Å². The molecular weight excluding hydrogens is 268 g/mol. The zero-order valence-corrected chi connectivity index (χ0v) is 11.2. The normalized spacial score (nSPS) is 25.8. The summed E-state index contributed by atoms with van der Waals surface area (Å²) in [6, 6.07) is 0. The molecule has 2 heterocycles. The molecule has 2 N–H and O–H groups in total. The minimum Gasteiger partial charge on any atom is -0.383 e. The van der Waals surface area contributed by atoms with Crippen LogP contribution in [0.15, 0.2) is 10.8 Å². The van der Waals surface area contributed by atoms with Crippen molar-refractivity contribution in [2.24, 2.45) is 11.8 Å². The lowest BCUT2D eigenvalue weighted by molar-refractivity contribution is 0.322. The highest BCUT2D eigenvalue weighted by Gasteiger charge is 2.25. The summed E-state index contributed by atoms with van der Waals surface area (Å²) in [6.45, 7) is 6.68. The molecule has 2 unspecified atom stereocenters. The summed E-state index contributed by atoms with van der Waals surface area (Å²) in [5, 5.41) is 0. The fourth-order valence-electron chi connectivity index (χ4n) is 2.05. The molecule has 2 atom stereocenters. The predicted octanol–water partition coefficient (Wildman–Crippen LogP) is 2.30. The molecular formula is C11H17BrN4. The molecule has 1 fully saturated rings. The maximum atomic E-state index is 5.76. The van der Waals surface area contributed by atoms with Gasteiger partial charge in [0, 0.05) is 13.1 Å². The lowest BCUT2D eigenvalue weighted by atomic mass is 9.89. The Morgan fingerprint density at radius 2 is 2.12 bits per heavy atom. The quantitative estimate of drug-likeness (QED) is 0.860. The van der Waals surface area contributed by atoms with Crippen LogP contribution in [0.5, 0.6) is 0 Å². The molecule has 0 spiro atoms. The molecule has 2 rings (SSSR count). The third kappa shape index (κ3) is 2.14. The Kier molecular flexibility index (Phi) is 3.33. The fourth-order valence-corrected chi connectivity index (χ4v) is 2.50. The van der Waals surface area contributed by atoms with E-state index in [0.29, 0.717) is 11.7 Å². The van der Waals surface area contributed by atoms with Crippen molar-refractivity contribution in [3.05, 3.63) is 10.8 Å². The largest absolute Gasteiger partial charge is 0.383 e. The first kappa shape index (κ1) is 11.6. The highest BCUT2D eigenvalue weighted by atomic mass is 79.9. The summed E-state index contributed by atoms with van der Waals surface area (Å²) in [4.78, 5) is 10.6. The van der Waals surface area contributed by atoms with Gasteiger partial charge in [0.1, 0.15) is 22.4 Å². The molecule has 1 aromatic heterocycles. The minimum atomic E-state index is 0.510. The van der Waals surface area contributed by atoms with E-state index in [4.69, 9.17) is 5.73 Å². The van der Waals surface area contributed by atoms with E-state index >= 15 is 0 Å². The number of halogens is 1. The summed E-state index contributed by atoms with van der Waals surface area (Å²) in [5.41, 5.74) is 5.76. The van der Waals surface area contributed by atoms with Crippen LogP contribution >= 0.6 is 15.9 Å². The first-order chi connectivity index (χ1) is 7.59. The number of nitrogens with two attached hydrogens (primary N) is 1. The molecule has 0 bridgehead atoms. The van der Waals surface area contributed by atoms with Gasteiger partial charge in [-0.15, -0.1) is 0 Å². The van der Waals surface area contributed by atoms with Crippen LogP contribution in [0, 0.1) is 11.8 Å². The van der Waals surface area contributed by atoms with Crippen LogP contribution in [0.3, 0.4) is 0 Å². The van der Waals surface area contributed by atoms with E-state index in [-0.39, 0.29) is 0 Å². The summed E-state index contributed by atoms with van der Waals surface area (Å²) >= 11 is 3.46. The topological polar surface area (TPSA) is 55.0 Å². The van der Waals surface area contributed by atoms with E-state index in [1.165, 1.54) is 12.7 Å². The Morgan fingerprint density at radius 1 is 1.38 bits per heavy atom. The second-order valence-electron chi connectivity index (χ2n) is 4.59. The molecule has 1 saturated heterocycles. The Bertz CT molecular complexity index is 382. The Hall–Kier alpha value is -0.840. The molecule has 4 nitrogen and oxygen atoms in total. The Balaban J connectivity index is 2.22. The smallest absolute Gasteiger partial charge is 0.148 e. The number of rotatable bonds is 1. The van der Waals surface area contributed by atoms with E-state index in [9.17, 15) is 0 Å². The number of hydrogen-bond acceptors (Lipinski definition) is 4. The lowest BCUT2D eigenvalue weighted by Gasteiger charge is -2.36. The number of nitrogens with zero attached hydrogens (tertiary/aromatic N) is 3. The van der Waals surface area contributed by atoms with Gasteiger partial charge in [-0.3, -0.25) is 0 Å². The van der Waals surface area contributed by atoms with Crippen molar-refractivity contribution in [1.82, 2.24) is 9.97 Å². The minimum absolute atomic E-state index is 0.510. The molecule has 0 aliphatic carbocycles. The third-order valence-corrected chi connectivity index (χ3v) is 4.19. The molecule has 88 valence electrons. The maximum absolute atomic E-state index is 5.76. The van der Waals surface area contributed by atoms with Crippen LogP contribution < -0.4 is 10.6 Å². The van der Waals surface area contributed by atoms with Gasteiger partial charge in [-0.1, -0.05) is 13.8 Å². The van der Waals surface area contributed by atoms with Crippen LogP contribution in [-0.2, 0) is 0 Å². The van der Waals surface area contributed by atoms with Crippen LogP contribution in [0.1, 0.15) is 20.3 Å². The van der Waals surface area contributed by atoms with Gasteiger partial charge in [-0.05, 0) is 34.2 Å². The molecule has 0 aromatic carbocycles. The van der Waals surface area contributed by atoms with Crippen molar-refractivity contribution in [1.29, 1.82) is 0 Å². The number of nitrogen functional groups attached to an aromatic ring is 1. The van der Waals surface area contributed by atoms with E-state index in [1.807, 2.05) is 0 Å². The van der Waals surface area contributed by atoms with Gasteiger partial charge in [0.05, 0.1) is 0 Å². The summed E-state index contributed by atoms with van der Waals surface area (Å²) in [7, 11) is 0. The molecule has 0 saturated carbocycles. The monoisotopic (exact) mass is 284 g/mol. The first-order valence-corrected chi connectivity index (χ1v) is 6.39. The standard InChI is InChI=1S/C11H17BrN4/c1-7-3-4-16(5-8(7)2)11-9(12)10(13)14-6-15-11/h6-8H,3-5H2,1-2H3,(H2,13,14,15). The second-order valence-corrected chi connectivity index (χ2v) is 5.38. The van der Waals surface area contributed by atoms with Crippen LogP contribution in [0.4, 0.5) is 11.6 Å². The zero-order chi connectivity index (χ0) is 11.7. The summed E-state index contributed by atoms with van der Waals surface area (Å²) < 4.78 is 0.816. The van der Waals surface area contributed by atoms with E-state index in [1.54, 1.807) is 0 Å². The van der Waals surface area contributed by atoms with Crippen LogP contribution in [0.2, 0.25) is 0 Å². The average Bonchev–Trinajstić information content (AvgIpc) is 2.26. The number of anilines is 2. The highest BCUT2D eigenvalue weighted by Crippen LogP contribution is 2.32. The van der Waals surface area contributed by atoms with Crippen molar-refractivity contribution in [2.45, 2.75) is 20.3 Å². The maximum Gasteiger partial charge on any atom is 0.148 e. The summed E-state index contributed by atoms with van der Waals surface area (Å²) in [6.07, 6.45) is 2.73. The van der Waals surface area contributed by atoms with Gasteiger partial charge in [0.2, 0.25) is 0 Å². The van der Waals surface area contributed by atoms with Crippen molar-refractivity contribution in [3.63, 3.8) is 0 Å². The zero-order valence-electron chi connectivity index (χ0n) is 9.65. The van der Waals surface area contributed by atoms with E-state index in [2.05, 4.69) is 44.6 Å². The van der Waals surface area contributed by atoms with Crippen molar-refractivity contribution < 1.29 is 0 Å². The highest BCUT2D eigenvalue weighted by molar-refractivity contribution is 9.10. The van der Waals surface area contributed by atoms with Gasteiger partial charge in [-0.25, -0.2) is 9.97 Å². The number of aromatic nitrogens is 2. The molecule has 16 heavy (non-hydrogen) atoms. The molecule has 1 aliphatic heterocycles. The lowest BCUT2D eigenvalue weighted by Crippen LogP contribution is -2.39. The van der Waals surface area contributed by atoms with Gasteiger partial charge in [0.25, 0.3) is 0 Å². The third-order valence-electron chi connectivity index (χ3n) is 3.43. The average molecular weight is 285 g/mol. The molecule has 5 heteroatoms. The fraction of sp³-hybridized carbons (Fsp3) is 0.636.